The van der Waals surface area contributed by atoms with E-state index in [1.54, 1.807) is 30.8 Å². The Hall–Kier alpha value is -1.73. The van der Waals surface area contributed by atoms with Crippen LogP contribution < -0.4 is 10.1 Å². The smallest absolute Gasteiger partial charge is 0.182 e. The summed E-state index contributed by atoms with van der Waals surface area (Å²) in [6.45, 7) is 3.24. The van der Waals surface area contributed by atoms with Crippen LogP contribution in [-0.4, -0.2) is 47.1 Å². The second kappa shape index (κ2) is 7.70. The van der Waals surface area contributed by atoms with Gasteiger partial charge in [-0.3, -0.25) is 4.90 Å². The molecular weight excluding hydrogens is 310 g/mol. The molecule has 0 amide bonds. The van der Waals surface area contributed by atoms with Gasteiger partial charge in [0, 0.05) is 37.6 Å². The Morgan fingerprint density at radius 3 is 2.83 bits per heavy atom. The largest absolute Gasteiger partial charge is 0.494 e. The van der Waals surface area contributed by atoms with E-state index >= 15 is 0 Å². The van der Waals surface area contributed by atoms with E-state index in [9.17, 15) is 0 Å². The molecule has 0 spiro atoms. The van der Waals surface area contributed by atoms with Crippen LogP contribution in [0.25, 0.3) is 0 Å². The normalized spacial score (nSPS) is 18.8. The van der Waals surface area contributed by atoms with E-state index in [4.69, 9.17) is 4.74 Å². The predicted octanol–water partition coefficient (Wildman–Crippen LogP) is 2.44. The maximum absolute atomic E-state index is 5.11. The molecule has 1 aliphatic rings. The number of piperidine rings is 1. The average molecular weight is 333 g/mol. The van der Waals surface area contributed by atoms with Gasteiger partial charge in [-0.15, -0.1) is 11.3 Å². The molecule has 1 N–H and O–H groups in total. The Morgan fingerprint density at radius 2 is 2.13 bits per heavy atom. The third-order valence-electron chi connectivity index (χ3n) is 4.14. The fourth-order valence-corrected chi connectivity index (χ4v) is 3.80. The van der Waals surface area contributed by atoms with Crippen LogP contribution in [0.1, 0.15) is 23.5 Å². The average Bonchev–Trinajstić information content (AvgIpc) is 3.03. The van der Waals surface area contributed by atoms with Crippen molar-refractivity contribution in [1.82, 2.24) is 19.9 Å². The van der Waals surface area contributed by atoms with Crippen molar-refractivity contribution in [2.75, 3.05) is 32.6 Å². The van der Waals surface area contributed by atoms with Crippen LogP contribution in [0.5, 0.6) is 5.75 Å². The molecular formula is C16H23N5OS. The highest BCUT2D eigenvalue weighted by Gasteiger charge is 2.21. The molecule has 0 saturated carbocycles. The van der Waals surface area contributed by atoms with E-state index in [2.05, 4.69) is 25.2 Å². The number of likely N-dealkylation sites (tertiary alicyclic amines) is 1. The lowest BCUT2D eigenvalue weighted by Crippen LogP contribution is -2.35. The lowest BCUT2D eigenvalue weighted by atomic mass is 9.94. The first-order chi connectivity index (χ1) is 11.3. The van der Waals surface area contributed by atoms with E-state index in [1.807, 2.05) is 13.2 Å². The van der Waals surface area contributed by atoms with E-state index in [-0.39, 0.29) is 0 Å². The van der Waals surface area contributed by atoms with Crippen LogP contribution in [0.4, 0.5) is 5.13 Å². The number of hydrogen-bond acceptors (Lipinski definition) is 7. The number of aromatic nitrogens is 3. The van der Waals surface area contributed by atoms with Crippen LogP contribution >= 0.6 is 11.3 Å². The van der Waals surface area contributed by atoms with E-state index in [0.717, 1.165) is 37.0 Å². The minimum absolute atomic E-state index is 0.619. The molecule has 3 rings (SSSR count). The Balaban J connectivity index is 1.54. The Morgan fingerprint density at radius 1 is 1.30 bits per heavy atom. The molecule has 3 heterocycles. The second-order valence-corrected chi connectivity index (χ2v) is 6.98. The number of nitrogens with one attached hydrogen (secondary N) is 1. The molecule has 0 aliphatic carbocycles. The molecule has 0 bridgehead atoms. The molecule has 1 aliphatic heterocycles. The third-order valence-corrected chi connectivity index (χ3v) is 5.14. The first-order valence-electron chi connectivity index (χ1n) is 7.96. The Labute approximate surface area is 140 Å². The van der Waals surface area contributed by atoms with Crippen molar-refractivity contribution in [2.24, 2.45) is 5.92 Å². The molecule has 6 nitrogen and oxygen atoms in total. The lowest BCUT2D eigenvalue weighted by Gasteiger charge is -2.32. The summed E-state index contributed by atoms with van der Waals surface area (Å²) in [5, 5.41) is 4.08. The summed E-state index contributed by atoms with van der Waals surface area (Å²) in [6.07, 6.45) is 8.89. The van der Waals surface area contributed by atoms with Gasteiger partial charge in [0.25, 0.3) is 0 Å². The van der Waals surface area contributed by atoms with Crippen molar-refractivity contribution < 1.29 is 4.74 Å². The molecule has 1 unspecified atom stereocenters. The molecule has 1 atom stereocenters. The first kappa shape index (κ1) is 16.1. The topological polar surface area (TPSA) is 63.2 Å². The maximum Gasteiger partial charge on any atom is 0.182 e. The van der Waals surface area contributed by atoms with Gasteiger partial charge in [-0.1, -0.05) is 0 Å². The monoisotopic (exact) mass is 333 g/mol. The fraction of sp³-hybridized carbons (Fsp3) is 0.562. The van der Waals surface area contributed by atoms with Crippen LogP contribution in [0.3, 0.4) is 0 Å². The van der Waals surface area contributed by atoms with Gasteiger partial charge in [0.05, 0.1) is 19.5 Å². The fourth-order valence-electron chi connectivity index (χ4n) is 2.99. The third kappa shape index (κ3) is 4.39. The Bertz CT molecular complexity index is 615. The van der Waals surface area contributed by atoms with Crippen molar-refractivity contribution in [3.05, 3.63) is 29.3 Å². The summed E-state index contributed by atoms with van der Waals surface area (Å²) in [5.41, 5.74) is 0. The predicted molar refractivity (Wildman–Crippen MR) is 91.9 cm³/mol. The number of hydrogen-bond donors (Lipinski definition) is 1. The number of rotatable bonds is 6. The van der Waals surface area contributed by atoms with Gasteiger partial charge >= 0.3 is 0 Å². The van der Waals surface area contributed by atoms with Gasteiger partial charge in [0.2, 0.25) is 0 Å². The summed E-state index contributed by atoms with van der Waals surface area (Å²) in [7, 11) is 3.55. The van der Waals surface area contributed by atoms with Crippen molar-refractivity contribution in [3.8, 4) is 5.75 Å². The van der Waals surface area contributed by atoms with Gasteiger partial charge in [0.1, 0.15) is 5.82 Å². The number of anilines is 1. The molecule has 2 aromatic heterocycles. The standard InChI is InChI=1S/C16H23N5OS/c1-17-16-20-9-14(23-16)11-21-5-3-4-12(10-21)6-15-18-7-13(22-2)8-19-15/h7-9,12H,3-6,10-11H2,1-2H3,(H,17,20). The van der Waals surface area contributed by atoms with Gasteiger partial charge in [-0.2, -0.15) is 0 Å². The van der Waals surface area contributed by atoms with E-state index < -0.39 is 0 Å². The molecule has 23 heavy (non-hydrogen) atoms. The second-order valence-electron chi connectivity index (χ2n) is 5.87. The minimum atomic E-state index is 0.619. The molecule has 124 valence electrons. The first-order valence-corrected chi connectivity index (χ1v) is 8.78. The molecule has 1 saturated heterocycles. The number of ether oxygens (including phenoxy) is 1. The Kier molecular flexibility index (Phi) is 5.40. The molecule has 7 heteroatoms. The van der Waals surface area contributed by atoms with E-state index in [0.29, 0.717) is 11.7 Å². The zero-order chi connectivity index (χ0) is 16.1. The summed E-state index contributed by atoms with van der Waals surface area (Å²) in [4.78, 5) is 17.0. The van der Waals surface area contributed by atoms with E-state index in [1.165, 1.54) is 17.7 Å². The highest BCUT2D eigenvalue weighted by molar-refractivity contribution is 7.15. The number of thiazole rings is 1. The highest BCUT2D eigenvalue weighted by Crippen LogP contribution is 2.24. The van der Waals surface area contributed by atoms with Crippen molar-refractivity contribution in [3.63, 3.8) is 0 Å². The maximum atomic E-state index is 5.11. The summed E-state index contributed by atoms with van der Waals surface area (Å²) in [6, 6.07) is 0. The molecule has 1 fully saturated rings. The van der Waals surface area contributed by atoms with Crippen LogP contribution in [0.2, 0.25) is 0 Å². The van der Waals surface area contributed by atoms with Crippen molar-refractivity contribution in [1.29, 1.82) is 0 Å². The van der Waals surface area contributed by atoms with Gasteiger partial charge in [0.15, 0.2) is 10.9 Å². The molecule has 0 radical (unpaired) electrons. The quantitative estimate of drug-likeness (QED) is 0.876. The minimum Gasteiger partial charge on any atom is -0.494 e. The summed E-state index contributed by atoms with van der Waals surface area (Å²) >= 11 is 1.73. The highest BCUT2D eigenvalue weighted by atomic mass is 32.1. The van der Waals surface area contributed by atoms with Gasteiger partial charge in [-0.05, 0) is 25.3 Å². The molecule has 2 aromatic rings. The van der Waals surface area contributed by atoms with Crippen molar-refractivity contribution >= 4 is 16.5 Å². The number of nitrogens with zero attached hydrogens (tertiary/aromatic N) is 4. The summed E-state index contributed by atoms with van der Waals surface area (Å²) < 4.78 is 5.11. The van der Waals surface area contributed by atoms with Crippen LogP contribution in [-0.2, 0) is 13.0 Å². The molecule has 0 aromatic carbocycles. The number of methoxy groups -OCH3 is 1. The van der Waals surface area contributed by atoms with Crippen LogP contribution in [0.15, 0.2) is 18.6 Å². The SMILES string of the molecule is CNc1ncc(CN2CCCC(Cc3ncc(OC)cn3)C2)s1. The lowest BCUT2D eigenvalue weighted by molar-refractivity contribution is 0.167. The zero-order valence-corrected chi connectivity index (χ0v) is 14.5. The zero-order valence-electron chi connectivity index (χ0n) is 13.7. The van der Waals surface area contributed by atoms with Gasteiger partial charge < -0.3 is 10.1 Å². The van der Waals surface area contributed by atoms with Crippen molar-refractivity contribution in [2.45, 2.75) is 25.8 Å². The van der Waals surface area contributed by atoms with Crippen LogP contribution in [0, 0.1) is 5.92 Å². The summed E-state index contributed by atoms with van der Waals surface area (Å²) in [5.74, 6) is 2.24. The van der Waals surface area contributed by atoms with Gasteiger partial charge in [-0.25, -0.2) is 15.0 Å².